The molecule has 150 valence electrons. The topological polar surface area (TPSA) is 46.1 Å². The molecule has 0 amide bonds. The van der Waals surface area contributed by atoms with Gasteiger partial charge in [0.15, 0.2) is 5.96 Å². The van der Waals surface area contributed by atoms with E-state index >= 15 is 0 Å². The molecule has 7 heteroatoms. The third-order valence-electron chi connectivity index (χ3n) is 3.86. The van der Waals surface area contributed by atoms with Crippen LogP contribution in [0, 0.1) is 0 Å². The van der Waals surface area contributed by atoms with Gasteiger partial charge in [-0.05, 0) is 42.5 Å². The van der Waals surface area contributed by atoms with Crippen LogP contribution in [0.15, 0.2) is 46.8 Å². The molecule has 0 spiro atoms. The Hall–Kier alpha value is -1.32. The predicted octanol–water partition coefficient (Wildman–Crippen LogP) is 4.03. The molecule has 27 heavy (non-hydrogen) atoms. The third kappa shape index (κ3) is 8.94. The van der Waals surface area contributed by atoms with E-state index in [-0.39, 0.29) is 24.0 Å². The van der Waals surface area contributed by atoms with Crippen molar-refractivity contribution in [2.75, 3.05) is 40.5 Å². The fourth-order valence-corrected chi connectivity index (χ4v) is 3.11. The van der Waals surface area contributed by atoms with Gasteiger partial charge in [-0.25, -0.2) is 4.99 Å². The molecule has 0 saturated heterocycles. The Morgan fingerprint density at radius 2 is 1.96 bits per heavy atom. The SMILES string of the molecule is CCNC(=NCc1ccc(OCCOC)cc1)N(C)CCc1cccs1.I. The molecule has 0 aliphatic rings. The van der Waals surface area contributed by atoms with Gasteiger partial charge in [0.2, 0.25) is 0 Å². The van der Waals surface area contributed by atoms with E-state index in [9.17, 15) is 0 Å². The van der Waals surface area contributed by atoms with Crippen LogP contribution in [0.5, 0.6) is 5.75 Å². The fraction of sp³-hybridized carbons (Fsp3) is 0.450. The number of benzene rings is 1. The maximum absolute atomic E-state index is 5.59. The van der Waals surface area contributed by atoms with Gasteiger partial charge in [-0.1, -0.05) is 18.2 Å². The standard InChI is InChI=1S/C20H29N3O2S.HI/c1-4-21-20(23(2)12-11-19-6-5-15-26-19)22-16-17-7-9-18(10-8-17)25-14-13-24-3;/h5-10,15H,4,11-14,16H2,1-3H3,(H,21,22);1H. The molecule has 1 N–H and O–H groups in total. The summed E-state index contributed by atoms with van der Waals surface area (Å²) in [4.78, 5) is 8.35. The Morgan fingerprint density at radius 1 is 1.19 bits per heavy atom. The number of nitrogens with zero attached hydrogens (tertiary/aromatic N) is 2. The minimum absolute atomic E-state index is 0. The second kappa shape index (κ2) is 13.8. The van der Waals surface area contributed by atoms with Crippen molar-refractivity contribution in [3.63, 3.8) is 0 Å². The van der Waals surface area contributed by atoms with E-state index in [1.54, 1.807) is 18.4 Å². The van der Waals surface area contributed by atoms with E-state index in [0.717, 1.165) is 36.8 Å². The second-order valence-electron chi connectivity index (χ2n) is 5.91. The van der Waals surface area contributed by atoms with Gasteiger partial charge in [0.05, 0.1) is 13.2 Å². The summed E-state index contributed by atoms with van der Waals surface area (Å²) in [6, 6.07) is 12.4. The van der Waals surface area contributed by atoms with Crippen LogP contribution in [-0.2, 0) is 17.7 Å². The van der Waals surface area contributed by atoms with Crippen molar-refractivity contribution < 1.29 is 9.47 Å². The first kappa shape index (κ1) is 23.7. The average Bonchev–Trinajstić information content (AvgIpc) is 3.18. The van der Waals surface area contributed by atoms with Gasteiger partial charge in [0, 0.05) is 32.1 Å². The molecule has 0 aliphatic heterocycles. The highest BCUT2D eigenvalue weighted by Crippen LogP contribution is 2.13. The van der Waals surface area contributed by atoms with Crippen molar-refractivity contribution in [2.45, 2.75) is 19.9 Å². The zero-order valence-electron chi connectivity index (χ0n) is 16.3. The lowest BCUT2D eigenvalue weighted by Crippen LogP contribution is -2.39. The van der Waals surface area contributed by atoms with Crippen LogP contribution < -0.4 is 10.1 Å². The van der Waals surface area contributed by atoms with E-state index in [0.29, 0.717) is 19.8 Å². The van der Waals surface area contributed by atoms with Crippen molar-refractivity contribution in [1.82, 2.24) is 10.2 Å². The number of likely N-dealkylation sites (N-methyl/N-ethyl adjacent to an activating group) is 1. The number of hydrogen-bond donors (Lipinski definition) is 1. The highest BCUT2D eigenvalue weighted by atomic mass is 127. The zero-order chi connectivity index (χ0) is 18.6. The van der Waals surface area contributed by atoms with Gasteiger partial charge < -0.3 is 19.7 Å². The van der Waals surface area contributed by atoms with Crippen molar-refractivity contribution in [1.29, 1.82) is 0 Å². The van der Waals surface area contributed by atoms with Gasteiger partial charge in [-0.3, -0.25) is 0 Å². The van der Waals surface area contributed by atoms with Crippen molar-refractivity contribution in [3.8, 4) is 5.75 Å². The monoisotopic (exact) mass is 503 g/mol. The number of thiophene rings is 1. The first-order chi connectivity index (χ1) is 12.7. The summed E-state index contributed by atoms with van der Waals surface area (Å²) in [6.45, 7) is 5.69. The number of nitrogens with one attached hydrogen (secondary N) is 1. The molecule has 0 radical (unpaired) electrons. The van der Waals surface area contributed by atoms with E-state index in [1.807, 2.05) is 12.1 Å². The van der Waals surface area contributed by atoms with Crippen LogP contribution in [0.4, 0.5) is 0 Å². The van der Waals surface area contributed by atoms with Crippen LogP contribution in [0.1, 0.15) is 17.4 Å². The molecule has 0 bridgehead atoms. The molecular formula is C20H30IN3O2S. The van der Waals surface area contributed by atoms with E-state index in [4.69, 9.17) is 14.5 Å². The van der Waals surface area contributed by atoms with Crippen molar-refractivity contribution >= 4 is 41.3 Å². The summed E-state index contributed by atoms with van der Waals surface area (Å²) in [5.74, 6) is 1.79. The average molecular weight is 503 g/mol. The Bertz CT molecular complexity index is 648. The summed E-state index contributed by atoms with van der Waals surface area (Å²) in [5.41, 5.74) is 1.16. The Labute approximate surface area is 183 Å². The Kier molecular flexibility index (Phi) is 12.1. The minimum atomic E-state index is 0. The molecule has 1 aromatic carbocycles. The molecule has 1 heterocycles. The van der Waals surface area contributed by atoms with Crippen molar-refractivity contribution in [3.05, 3.63) is 52.2 Å². The molecule has 0 unspecified atom stereocenters. The summed E-state index contributed by atoms with van der Waals surface area (Å²) in [7, 11) is 3.76. The quantitative estimate of drug-likeness (QED) is 0.230. The fourth-order valence-electron chi connectivity index (χ4n) is 2.41. The lowest BCUT2D eigenvalue weighted by atomic mass is 10.2. The number of hydrogen-bond acceptors (Lipinski definition) is 4. The molecule has 0 aliphatic carbocycles. The van der Waals surface area contributed by atoms with Gasteiger partial charge in [-0.2, -0.15) is 0 Å². The molecule has 0 fully saturated rings. The van der Waals surface area contributed by atoms with Crippen LogP contribution in [-0.4, -0.2) is 51.3 Å². The predicted molar refractivity (Wildman–Crippen MR) is 125 cm³/mol. The smallest absolute Gasteiger partial charge is 0.193 e. The minimum Gasteiger partial charge on any atom is -0.491 e. The number of ether oxygens (including phenoxy) is 2. The number of methoxy groups -OCH3 is 1. The van der Waals surface area contributed by atoms with Crippen LogP contribution in [0.3, 0.4) is 0 Å². The maximum Gasteiger partial charge on any atom is 0.193 e. The summed E-state index contributed by atoms with van der Waals surface area (Å²) >= 11 is 1.80. The third-order valence-corrected chi connectivity index (χ3v) is 4.80. The molecular weight excluding hydrogens is 473 g/mol. The van der Waals surface area contributed by atoms with Gasteiger partial charge in [-0.15, -0.1) is 35.3 Å². The lowest BCUT2D eigenvalue weighted by Gasteiger charge is -2.21. The lowest BCUT2D eigenvalue weighted by molar-refractivity contribution is 0.146. The van der Waals surface area contributed by atoms with Crippen LogP contribution >= 0.6 is 35.3 Å². The molecule has 0 saturated carbocycles. The second-order valence-corrected chi connectivity index (χ2v) is 6.94. The molecule has 1 aromatic heterocycles. The first-order valence-electron chi connectivity index (χ1n) is 8.95. The van der Waals surface area contributed by atoms with E-state index < -0.39 is 0 Å². The largest absolute Gasteiger partial charge is 0.491 e. The first-order valence-corrected chi connectivity index (χ1v) is 9.83. The van der Waals surface area contributed by atoms with Crippen LogP contribution in [0.2, 0.25) is 0 Å². The summed E-state index contributed by atoms with van der Waals surface area (Å²) in [5, 5.41) is 5.49. The van der Waals surface area contributed by atoms with Crippen LogP contribution in [0.25, 0.3) is 0 Å². The zero-order valence-corrected chi connectivity index (χ0v) is 19.5. The van der Waals surface area contributed by atoms with Gasteiger partial charge >= 0.3 is 0 Å². The van der Waals surface area contributed by atoms with Crippen molar-refractivity contribution in [2.24, 2.45) is 4.99 Å². The number of halogens is 1. The maximum atomic E-state index is 5.59. The Balaban J connectivity index is 0.00000364. The molecule has 2 aromatic rings. The number of rotatable bonds is 10. The highest BCUT2D eigenvalue weighted by Gasteiger charge is 2.06. The normalized spacial score (nSPS) is 11.0. The highest BCUT2D eigenvalue weighted by molar-refractivity contribution is 14.0. The Morgan fingerprint density at radius 3 is 2.59 bits per heavy atom. The number of guanidine groups is 1. The van der Waals surface area contributed by atoms with Gasteiger partial charge in [0.1, 0.15) is 12.4 Å². The van der Waals surface area contributed by atoms with Gasteiger partial charge in [0.25, 0.3) is 0 Å². The van der Waals surface area contributed by atoms with E-state index in [1.165, 1.54) is 4.88 Å². The summed E-state index contributed by atoms with van der Waals surface area (Å²) < 4.78 is 10.6. The summed E-state index contributed by atoms with van der Waals surface area (Å²) in [6.07, 6.45) is 1.03. The molecule has 2 rings (SSSR count). The molecule has 0 atom stereocenters. The van der Waals surface area contributed by atoms with E-state index in [2.05, 4.69) is 53.8 Å². The molecule has 5 nitrogen and oxygen atoms in total. The number of aliphatic imine (C=N–C) groups is 1.